The molecule has 3 atom stereocenters. The van der Waals surface area contributed by atoms with Gasteiger partial charge >= 0.3 is 6.03 Å². The number of hydrogen-bond acceptors (Lipinski definition) is 7. The minimum absolute atomic E-state index is 0.00543. The number of barbiturate groups is 1. The lowest BCUT2D eigenvalue weighted by molar-refractivity contribution is -0.153. The van der Waals surface area contributed by atoms with Crippen molar-refractivity contribution in [3.8, 4) is 11.5 Å². The highest BCUT2D eigenvalue weighted by molar-refractivity contribution is 6.19. The molecule has 2 saturated heterocycles. The van der Waals surface area contributed by atoms with E-state index in [1.807, 2.05) is 10.6 Å². The highest BCUT2D eigenvalue weighted by Crippen LogP contribution is 2.39. The summed E-state index contributed by atoms with van der Waals surface area (Å²) in [5, 5.41) is 2.42. The van der Waals surface area contributed by atoms with Crippen LogP contribution in [-0.2, 0) is 22.6 Å². The standard InChI is InChI=1S/C28H32N4O6/c1-4-10-31-26(35)28(25(34)29-27(31)36,13-19-8-9-21(37-2)12-23(19)38-3)17-30-14-18-11-20(16-30)22-6-5-7-24(33)32(22)15-18/h4-9,12,18,20H,1,10-11,13-17H2,2-3H3,(H,29,34,36)/t18-,20-,28?/m1/s1. The van der Waals surface area contributed by atoms with E-state index in [1.54, 1.807) is 37.4 Å². The topological polar surface area (TPSA) is 110 Å². The van der Waals surface area contributed by atoms with Gasteiger partial charge in [0.2, 0.25) is 11.8 Å². The molecule has 1 N–H and O–H groups in total. The van der Waals surface area contributed by atoms with Gasteiger partial charge in [0.25, 0.3) is 5.56 Å². The molecule has 2 aromatic rings. The highest BCUT2D eigenvalue weighted by Gasteiger charge is 2.55. The molecule has 2 bridgehead atoms. The predicted molar refractivity (Wildman–Crippen MR) is 139 cm³/mol. The van der Waals surface area contributed by atoms with Crippen LogP contribution in [0.15, 0.2) is 53.8 Å². The first-order valence-electron chi connectivity index (χ1n) is 12.7. The molecule has 200 valence electrons. The summed E-state index contributed by atoms with van der Waals surface area (Å²) < 4.78 is 12.7. The molecule has 5 rings (SSSR count). The average molecular weight is 521 g/mol. The summed E-state index contributed by atoms with van der Waals surface area (Å²) in [6, 6.07) is 9.83. The first-order chi connectivity index (χ1) is 18.3. The third-order valence-electron chi connectivity index (χ3n) is 7.90. The number of benzene rings is 1. The van der Waals surface area contributed by atoms with E-state index < -0.39 is 23.3 Å². The smallest absolute Gasteiger partial charge is 0.331 e. The molecule has 10 heteroatoms. The summed E-state index contributed by atoms with van der Waals surface area (Å²) in [5.41, 5.74) is 0.0565. The number of fused-ring (bicyclic) bond motifs is 4. The summed E-state index contributed by atoms with van der Waals surface area (Å²) in [4.78, 5) is 55.9. The van der Waals surface area contributed by atoms with Crippen LogP contribution in [0.1, 0.15) is 23.6 Å². The van der Waals surface area contributed by atoms with Crippen molar-refractivity contribution in [3.63, 3.8) is 0 Å². The van der Waals surface area contributed by atoms with Crippen LogP contribution in [0.2, 0.25) is 0 Å². The number of carbonyl (C=O) groups excluding carboxylic acids is 3. The average Bonchev–Trinajstić information content (AvgIpc) is 2.90. The van der Waals surface area contributed by atoms with Crippen molar-refractivity contribution in [3.05, 3.63) is 70.7 Å². The molecule has 1 aromatic carbocycles. The molecule has 3 aliphatic heterocycles. The summed E-state index contributed by atoms with van der Waals surface area (Å²) in [6.45, 7) is 5.61. The van der Waals surface area contributed by atoms with Crippen LogP contribution in [0.25, 0.3) is 0 Å². The maximum Gasteiger partial charge on any atom is 0.331 e. The predicted octanol–water partition coefficient (Wildman–Crippen LogP) is 1.78. The largest absolute Gasteiger partial charge is 0.497 e. The van der Waals surface area contributed by atoms with Gasteiger partial charge in [-0.2, -0.15) is 0 Å². The Morgan fingerprint density at radius 3 is 2.63 bits per heavy atom. The number of amides is 4. The number of hydrogen-bond donors (Lipinski definition) is 1. The fourth-order valence-corrected chi connectivity index (χ4v) is 6.21. The first kappa shape index (κ1) is 25.7. The Kier molecular flexibility index (Phi) is 6.83. The molecule has 4 heterocycles. The molecule has 2 fully saturated rings. The van der Waals surface area contributed by atoms with Crippen molar-refractivity contribution >= 4 is 17.8 Å². The Bertz CT molecular complexity index is 1350. The number of ether oxygens (including phenoxy) is 2. The number of urea groups is 1. The van der Waals surface area contributed by atoms with Crippen molar-refractivity contribution in [2.45, 2.75) is 25.3 Å². The Hall–Kier alpha value is -3.92. The third-order valence-corrected chi connectivity index (χ3v) is 7.90. The lowest BCUT2D eigenvalue weighted by atomic mass is 9.75. The van der Waals surface area contributed by atoms with E-state index in [9.17, 15) is 19.2 Å². The van der Waals surface area contributed by atoms with Gasteiger partial charge in [-0.15, -0.1) is 6.58 Å². The molecule has 0 radical (unpaired) electrons. The number of nitrogens with zero attached hydrogens (tertiary/aromatic N) is 3. The Balaban J connectivity index is 1.52. The van der Waals surface area contributed by atoms with Gasteiger partial charge in [-0.3, -0.25) is 24.6 Å². The molecule has 1 aromatic heterocycles. The maximum absolute atomic E-state index is 14.0. The van der Waals surface area contributed by atoms with Crippen LogP contribution in [0.3, 0.4) is 0 Å². The fourth-order valence-electron chi connectivity index (χ4n) is 6.21. The van der Waals surface area contributed by atoms with Gasteiger partial charge in [0.15, 0.2) is 0 Å². The number of carbonyl (C=O) groups is 3. The van der Waals surface area contributed by atoms with Crippen molar-refractivity contribution in [2.75, 3.05) is 40.4 Å². The number of rotatable bonds is 8. The van der Waals surface area contributed by atoms with E-state index in [0.29, 0.717) is 36.7 Å². The van der Waals surface area contributed by atoms with Gasteiger partial charge in [0, 0.05) is 62.9 Å². The van der Waals surface area contributed by atoms with Gasteiger partial charge in [-0.05, 0) is 30.0 Å². The second-order valence-corrected chi connectivity index (χ2v) is 10.3. The Morgan fingerprint density at radius 2 is 1.89 bits per heavy atom. The lowest BCUT2D eigenvalue weighted by Crippen LogP contribution is -2.68. The van der Waals surface area contributed by atoms with E-state index in [1.165, 1.54) is 13.2 Å². The van der Waals surface area contributed by atoms with Crippen LogP contribution in [0.4, 0.5) is 4.79 Å². The van der Waals surface area contributed by atoms with Crippen LogP contribution in [0, 0.1) is 11.3 Å². The van der Waals surface area contributed by atoms with E-state index in [4.69, 9.17) is 9.47 Å². The van der Waals surface area contributed by atoms with E-state index in [-0.39, 0.29) is 36.9 Å². The van der Waals surface area contributed by atoms with E-state index >= 15 is 0 Å². The molecule has 0 spiro atoms. The SMILES string of the molecule is C=CCN1C(=O)NC(=O)C(Cc2ccc(OC)cc2OC)(CN2C[C@H]3C[C@H](C2)c2cccc(=O)n2C3)C1=O. The lowest BCUT2D eigenvalue weighted by Gasteiger charge is -2.47. The third kappa shape index (κ3) is 4.38. The molecule has 4 amide bonds. The molecular formula is C28H32N4O6. The van der Waals surface area contributed by atoms with Gasteiger partial charge in [0.05, 0.1) is 14.2 Å². The van der Waals surface area contributed by atoms with Crippen molar-refractivity contribution in [1.82, 2.24) is 19.7 Å². The molecule has 0 saturated carbocycles. The molecule has 0 aliphatic carbocycles. The zero-order chi connectivity index (χ0) is 27.0. The van der Waals surface area contributed by atoms with Crippen LogP contribution < -0.4 is 20.3 Å². The Labute approximate surface area is 220 Å². The molecule has 1 unspecified atom stereocenters. The minimum atomic E-state index is -1.57. The number of methoxy groups -OCH3 is 2. The molecule has 38 heavy (non-hydrogen) atoms. The summed E-state index contributed by atoms with van der Waals surface area (Å²) in [5.74, 6) is 0.202. The number of nitrogens with one attached hydrogen (secondary N) is 1. The van der Waals surface area contributed by atoms with Crippen LogP contribution in [0.5, 0.6) is 11.5 Å². The number of piperidine rings is 1. The quantitative estimate of drug-likeness (QED) is 0.417. The maximum atomic E-state index is 14.0. The second-order valence-electron chi connectivity index (χ2n) is 10.3. The summed E-state index contributed by atoms with van der Waals surface area (Å²) in [6.07, 6.45) is 2.44. The summed E-state index contributed by atoms with van der Waals surface area (Å²) >= 11 is 0. The Morgan fingerprint density at radius 1 is 1.08 bits per heavy atom. The highest BCUT2D eigenvalue weighted by atomic mass is 16.5. The number of aromatic nitrogens is 1. The second kappa shape index (κ2) is 10.1. The molecule has 3 aliphatic rings. The van der Waals surface area contributed by atoms with Gasteiger partial charge in [-0.1, -0.05) is 18.2 Å². The number of likely N-dealkylation sites (tertiary alicyclic amines) is 1. The van der Waals surface area contributed by atoms with E-state index in [2.05, 4.69) is 16.8 Å². The zero-order valence-corrected chi connectivity index (χ0v) is 21.6. The van der Waals surface area contributed by atoms with Crippen LogP contribution in [-0.4, -0.2) is 72.6 Å². The molecule has 10 nitrogen and oxygen atoms in total. The normalized spacial score (nSPS) is 25.0. The number of pyridine rings is 1. The van der Waals surface area contributed by atoms with Gasteiger partial charge in [0.1, 0.15) is 16.9 Å². The summed E-state index contributed by atoms with van der Waals surface area (Å²) in [7, 11) is 3.07. The molecular weight excluding hydrogens is 488 g/mol. The number of imide groups is 2. The monoisotopic (exact) mass is 520 g/mol. The van der Waals surface area contributed by atoms with Crippen molar-refractivity contribution < 1.29 is 23.9 Å². The van der Waals surface area contributed by atoms with E-state index in [0.717, 1.165) is 17.0 Å². The fraction of sp³-hybridized carbons (Fsp3) is 0.429. The minimum Gasteiger partial charge on any atom is -0.497 e. The van der Waals surface area contributed by atoms with Gasteiger partial charge < -0.3 is 18.9 Å². The zero-order valence-electron chi connectivity index (χ0n) is 21.6. The first-order valence-corrected chi connectivity index (χ1v) is 12.7. The van der Waals surface area contributed by atoms with Gasteiger partial charge in [-0.25, -0.2) is 4.79 Å². The van der Waals surface area contributed by atoms with Crippen molar-refractivity contribution in [1.29, 1.82) is 0 Å². The van der Waals surface area contributed by atoms with Crippen molar-refractivity contribution in [2.24, 2.45) is 11.3 Å². The van der Waals surface area contributed by atoms with Crippen LogP contribution >= 0.6 is 0 Å².